The lowest BCUT2D eigenvalue weighted by atomic mass is 9.99. The minimum atomic E-state index is 0.0667. The molecule has 0 aliphatic rings. The molecule has 1 aromatic rings. The van der Waals surface area contributed by atoms with Gasteiger partial charge in [0.15, 0.2) is 0 Å². The fourth-order valence-electron chi connectivity index (χ4n) is 2.37. The first-order valence-corrected chi connectivity index (χ1v) is 7.19. The number of hydrogen-bond acceptors (Lipinski definition) is 4. The molecule has 1 aromatic heterocycles. The van der Waals surface area contributed by atoms with Gasteiger partial charge in [0, 0.05) is 25.7 Å². The molecule has 19 heavy (non-hydrogen) atoms. The van der Waals surface area contributed by atoms with E-state index in [2.05, 4.69) is 25.7 Å². The molecule has 4 nitrogen and oxygen atoms in total. The predicted octanol–water partition coefficient (Wildman–Crippen LogP) is 2.80. The predicted molar refractivity (Wildman–Crippen MR) is 78.1 cm³/mol. The van der Waals surface area contributed by atoms with E-state index in [4.69, 9.17) is 14.9 Å². The van der Waals surface area contributed by atoms with Crippen LogP contribution in [0.25, 0.3) is 0 Å². The van der Waals surface area contributed by atoms with Gasteiger partial charge in [0.2, 0.25) is 0 Å². The molecule has 0 fully saturated rings. The van der Waals surface area contributed by atoms with Crippen LogP contribution < -0.4 is 5.73 Å². The summed E-state index contributed by atoms with van der Waals surface area (Å²) in [7, 11) is 1.73. The summed E-state index contributed by atoms with van der Waals surface area (Å²) in [5.41, 5.74) is 6.33. The number of nitrogens with zero attached hydrogens (tertiary/aromatic N) is 1. The van der Waals surface area contributed by atoms with Gasteiger partial charge in [-0.15, -0.1) is 0 Å². The fraction of sp³-hybridized carbons (Fsp3) is 0.733. The van der Waals surface area contributed by atoms with Crippen LogP contribution in [0, 0.1) is 0 Å². The third-order valence-corrected chi connectivity index (χ3v) is 3.78. The summed E-state index contributed by atoms with van der Waals surface area (Å²) >= 11 is 0. The second-order valence-electron chi connectivity index (χ2n) is 5.02. The van der Waals surface area contributed by atoms with Crippen LogP contribution in [0.4, 0.5) is 0 Å². The highest BCUT2D eigenvalue weighted by atomic mass is 16.5. The summed E-state index contributed by atoms with van der Waals surface area (Å²) in [6.45, 7) is 8.11. The molecule has 0 radical (unpaired) electrons. The van der Waals surface area contributed by atoms with Gasteiger partial charge in [0.05, 0.1) is 18.9 Å². The highest BCUT2D eigenvalue weighted by Gasteiger charge is 2.30. The first kappa shape index (κ1) is 16.2. The van der Waals surface area contributed by atoms with Crippen LogP contribution in [-0.4, -0.2) is 37.2 Å². The first-order valence-electron chi connectivity index (χ1n) is 7.19. The van der Waals surface area contributed by atoms with E-state index in [1.165, 1.54) is 0 Å². The molecule has 0 saturated carbocycles. The quantitative estimate of drug-likeness (QED) is 0.748. The van der Waals surface area contributed by atoms with Crippen molar-refractivity contribution in [2.45, 2.75) is 51.7 Å². The number of rotatable bonds is 9. The third-order valence-electron chi connectivity index (χ3n) is 3.78. The Morgan fingerprint density at radius 3 is 2.58 bits per heavy atom. The maximum absolute atomic E-state index is 6.33. The average Bonchev–Trinajstić information content (AvgIpc) is 2.95. The normalized spacial score (nSPS) is 16.5. The fourth-order valence-corrected chi connectivity index (χ4v) is 2.37. The summed E-state index contributed by atoms with van der Waals surface area (Å²) in [6, 6.07) is 4.57. The molecule has 0 spiro atoms. The molecule has 2 N–H and O–H groups in total. The zero-order valence-electron chi connectivity index (χ0n) is 12.6. The van der Waals surface area contributed by atoms with Crippen molar-refractivity contribution in [3.05, 3.63) is 24.2 Å². The summed E-state index contributed by atoms with van der Waals surface area (Å²) in [5.74, 6) is 0.950. The largest absolute Gasteiger partial charge is 0.468 e. The van der Waals surface area contributed by atoms with Crippen LogP contribution in [0.3, 0.4) is 0 Å². The van der Waals surface area contributed by atoms with Crippen molar-refractivity contribution in [3.8, 4) is 0 Å². The smallest absolute Gasteiger partial charge is 0.122 e. The maximum Gasteiger partial charge on any atom is 0.122 e. The van der Waals surface area contributed by atoms with Gasteiger partial charge in [-0.25, -0.2) is 0 Å². The van der Waals surface area contributed by atoms with Gasteiger partial charge in [-0.1, -0.05) is 13.8 Å². The second-order valence-corrected chi connectivity index (χ2v) is 5.02. The second kappa shape index (κ2) is 8.35. The van der Waals surface area contributed by atoms with E-state index >= 15 is 0 Å². The van der Waals surface area contributed by atoms with Crippen molar-refractivity contribution >= 4 is 0 Å². The van der Waals surface area contributed by atoms with E-state index in [-0.39, 0.29) is 12.1 Å². The molecule has 0 aliphatic heterocycles. The molecular weight excluding hydrogens is 240 g/mol. The molecule has 0 aliphatic carbocycles. The highest BCUT2D eigenvalue weighted by Crippen LogP contribution is 2.28. The Hall–Kier alpha value is -0.840. The summed E-state index contributed by atoms with van der Waals surface area (Å²) < 4.78 is 10.8. The van der Waals surface area contributed by atoms with Crippen molar-refractivity contribution in [3.63, 3.8) is 0 Å². The van der Waals surface area contributed by atoms with Crippen molar-refractivity contribution < 1.29 is 9.15 Å². The summed E-state index contributed by atoms with van der Waals surface area (Å²) in [6.07, 6.45) is 3.72. The van der Waals surface area contributed by atoms with Crippen LogP contribution >= 0.6 is 0 Å². The first-order chi connectivity index (χ1) is 9.15. The standard InChI is InChI=1S/C15H28N2O2/c1-5-12(3)17(9-11-18-4)15(13(16)6-2)14-8-7-10-19-14/h7-8,10,12-13,15H,5-6,9,11,16H2,1-4H3. The lowest BCUT2D eigenvalue weighted by molar-refractivity contribution is 0.0656. The molecule has 3 atom stereocenters. The molecule has 0 saturated heterocycles. The Bertz CT molecular complexity index is 327. The molecule has 0 amide bonds. The van der Waals surface area contributed by atoms with Gasteiger partial charge in [0.25, 0.3) is 0 Å². The van der Waals surface area contributed by atoms with Crippen LogP contribution in [0.2, 0.25) is 0 Å². The number of hydrogen-bond donors (Lipinski definition) is 1. The van der Waals surface area contributed by atoms with Gasteiger partial charge >= 0.3 is 0 Å². The summed E-state index contributed by atoms with van der Waals surface area (Å²) in [5, 5.41) is 0. The van der Waals surface area contributed by atoms with Crippen LogP contribution in [0.1, 0.15) is 45.4 Å². The summed E-state index contributed by atoms with van der Waals surface area (Å²) in [4.78, 5) is 2.40. The van der Waals surface area contributed by atoms with Crippen molar-refractivity contribution in [2.75, 3.05) is 20.3 Å². The van der Waals surface area contributed by atoms with Gasteiger partial charge in [0.1, 0.15) is 5.76 Å². The zero-order chi connectivity index (χ0) is 14.3. The van der Waals surface area contributed by atoms with Crippen LogP contribution in [-0.2, 0) is 4.74 Å². The molecular formula is C15H28N2O2. The lowest BCUT2D eigenvalue weighted by Gasteiger charge is -2.37. The van der Waals surface area contributed by atoms with E-state index in [0.717, 1.165) is 25.1 Å². The molecule has 0 aromatic carbocycles. The van der Waals surface area contributed by atoms with Gasteiger partial charge in [-0.05, 0) is 31.9 Å². The minimum Gasteiger partial charge on any atom is -0.468 e. The molecule has 1 heterocycles. The minimum absolute atomic E-state index is 0.0667. The van der Waals surface area contributed by atoms with E-state index in [9.17, 15) is 0 Å². The Labute approximate surface area is 116 Å². The van der Waals surface area contributed by atoms with E-state index < -0.39 is 0 Å². The van der Waals surface area contributed by atoms with Crippen LogP contribution in [0.5, 0.6) is 0 Å². The number of methoxy groups -OCH3 is 1. The highest BCUT2D eigenvalue weighted by molar-refractivity contribution is 5.08. The van der Waals surface area contributed by atoms with Crippen molar-refractivity contribution in [1.29, 1.82) is 0 Å². The molecule has 1 rings (SSSR count). The van der Waals surface area contributed by atoms with Gasteiger partial charge in [-0.2, -0.15) is 0 Å². The molecule has 0 bridgehead atoms. The number of nitrogens with two attached hydrogens (primary N) is 1. The Kier molecular flexibility index (Phi) is 7.13. The molecule has 3 unspecified atom stereocenters. The van der Waals surface area contributed by atoms with Crippen molar-refractivity contribution in [2.24, 2.45) is 5.73 Å². The third kappa shape index (κ3) is 4.34. The molecule has 4 heteroatoms. The SMILES string of the molecule is CCC(N)C(c1ccco1)N(CCOC)C(C)CC. The number of ether oxygens (including phenoxy) is 1. The van der Waals surface area contributed by atoms with E-state index in [0.29, 0.717) is 12.6 Å². The Morgan fingerprint density at radius 2 is 2.11 bits per heavy atom. The van der Waals surface area contributed by atoms with E-state index in [1.807, 2.05) is 12.1 Å². The number of furan rings is 1. The monoisotopic (exact) mass is 268 g/mol. The van der Waals surface area contributed by atoms with Crippen LogP contribution in [0.15, 0.2) is 22.8 Å². The molecule has 110 valence electrons. The topological polar surface area (TPSA) is 51.6 Å². The lowest BCUT2D eigenvalue weighted by Crippen LogP contribution is -2.46. The Balaban J connectivity index is 2.96. The average molecular weight is 268 g/mol. The van der Waals surface area contributed by atoms with Crippen molar-refractivity contribution in [1.82, 2.24) is 4.90 Å². The maximum atomic E-state index is 6.33. The zero-order valence-corrected chi connectivity index (χ0v) is 12.6. The van der Waals surface area contributed by atoms with Gasteiger partial charge < -0.3 is 14.9 Å². The van der Waals surface area contributed by atoms with E-state index in [1.54, 1.807) is 13.4 Å². The Morgan fingerprint density at radius 1 is 1.37 bits per heavy atom. The van der Waals surface area contributed by atoms with Gasteiger partial charge in [-0.3, -0.25) is 4.90 Å².